The Bertz CT molecular complexity index is 1800. The van der Waals surface area contributed by atoms with Gasteiger partial charge < -0.3 is 70.6 Å². The number of hydrogen-bond acceptors (Lipinski definition) is 13. The van der Waals surface area contributed by atoms with Crippen molar-refractivity contribution in [3.63, 3.8) is 0 Å². The molecule has 20 nitrogen and oxygen atoms in total. The molecule has 22 heteroatoms. The van der Waals surface area contributed by atoms with Gasteiger partial charge in [-0.25, -0.2) is 14.8 Å². The number of benzene rings is 1. The molecule has 10 N–H and O–H groups in total. The van der Waals surface area contributed by atoms with Gasteiger partial charge in [-0.1, -0.05) is 25.4 Å². The summed E-state index contributed by atoms with van der Waals surface area (Å²) in [6, 6.07) is 0.818. The molecule has 0 spiro atoms. The van der Waals surface area contributed by atoms with Gasteiger partial charge in [-0.3, -0.25) is 24.2 Å². The Kier molecular flexibility index (Phi) is 18.5. The zero-order valence-electron chi connectivity index (χ0n) is 27.5. The number of aliphatic carboxylic acids is 2. The fourth-order valence-electron chi connectivity index (χ4n) is 4.28. The third kappa shape index (κ3) is 13.9. The Hall–Kier alpha value is -5.02. The van der Waals surface area contributed by atoms with Gasteiger partial charge in [0.05, 0.1) is 18.4 Å². The summed E-state index contributed by atoms with van der Waals surface area (Å²) in [5.41, 5.74) is 14.2. The monoisotopic (exact) mass is 827 g/mol. The number of fused-ring (bicyclic) bond motifs is 1. The minimum Gasteiger partial charge on any atom is -0.794 e. The summed E-state index contributed by atoms with van der Waals surface area (Å²) in [5, 5.41) is 31.3. The number of Topliss-reactive ketones (excluding diaryl/α,β-unsaturated/α-hetero) is 1. The van der Waals surface area contributed by atoms with Gasteiger partial charge in [0.2, 0.25) is 5.95 Å². The van der Waals surface area contributed by atoms with Gasteiger partial charge in [-0.15, -0.1) is 6.04 Å². The maximum Gasteiger partial charge on any atom is 4.00 e. The van der Waals surface area contributed by atoms with Crippen molar-refractivity contribution < 1.29 is 64.6 Å². The van der Waals surface area contributed by atoms with Gasteiger partial charge in [-0.05, 0) is 30.7 Å². The number of carbonyl (C=O) groups is 6. The van der Waals surface area contributed by atoms with Crippen LogP contribution in [0.2, 0.25) is 0 Å². The molecule has 4 atom stereocenters. The van der Waals surface area contributed by atoms with Crippen LogP contribution in [0.25, 0.3) is 27.5 Å². The fourth-order valence-corrected chi connectivity index (χ4v) is 4.36. The van der Waals surface area contributed by atoms with E-state index in [9.17, 15) is 38.7 Å². The average molecular weight is 828 g/mol. The zero-order chi connectivity index (χ0) is 37.0. The van der Waals surface area contributed by atoms with E-state index in [0.717, 1.165) is 0 Å². The zero-order valence-corrected chi connectivity index (χ0v) is 30.2. The molecular weight excluding hydrogens is 791 g/mol. The van der Waals surface area contributed by atoms with E-state index in [0.29, 0.717) is 11.4 Å². The number of aromatic amines is 1. The first-order valence-corrected chi connectivity index (χ1v) is 15.7. The van der Waals surface area contributed by atoms with Crippen molar-refractivity contribution in [2.24, 2.45) is 0 Å². The fraction of sp³-hybridized carbons (Fsp3) is 0.400. The van der Waals surface area contributed by atoms with Crippen molar-refractivity contribution in [1.29, 1.82) is 0 Å². The number of nitrogens with zero attached hydrogens (tertiary/aromatic N) is 5. The summed E-state index contributed by atoms with van der Waals surface area (Å²) < 4.78 is 0. The topological polar surface area (TPSA) is 348 Å². The van der Waals surface area contributed by atoms with Crippen LogP contribution >= 0.6 is 0 Å². The van der Waals surface area contributed by atoms with Crippen LogP contribution in [-0.2, 0) is 63.3 Å². The summed E-state index contributed by atoms with van der Waals surface area (Å²) in [7, 11) is 0. The van der Waals surface area contributed by atoms with Gasteiger partial charge in [0.25, 0.3) is 11.5 Å². The summed E-state index contributed by atoms with van der Waals surface area (Å²) in [6.07, 6.45) is -0.551. The van der Waals surface area contributed by atoms with Crippen LogP contribution in [0.3, 0.4) is 0 Å². The number of aromatic nitrogens is 4. The Morgan fingerprint density at radius 3 is 2.29 bits per heavy atom. The van der Waals surface area contributed by atoms with E-state index in [-0.39, 0.29) is 86.2 Å². The van der Waals surface area contributed by atoms with Crippen LogP contribution < -0.4 is 21.9 Å². The standard InChI is InChI=1S/C30H37N10O9S.H2O.Tc/c1-14(13-50)35-27(46)21(10-22(42)43)38-26(45)19(31)8-6-18(41)7-9-20(29(48)49)37-25(44)15-2-4-16(5-3-15)33-11-17-12-34-24-23(36-17)28(47)40-30(32)39-24;;/h2-5,12,14,19-21,31H,6-11,13H2,1H3,(H10,32,33,34,35,37,38,39,40,42,43,44,45,46,47,48,49,50);1H2;/q-1;;+4/p-3/t14-,19+,20-,21+;;/m1../s1/i;;1+1. The van der Waals surface area contributed by atoms with Crippen molar-refractivity contribution in [2.45, 2.75) is 69.7 Å². The molecule has 0 aliphatic rings. The number of ketones is 1. The number of nitrogen functional groups attached to an aromatic ring is 1. The average Bonchev–Trinajstić information content (AvgIpc) is 3.07. The predicted molar refractivity (Wildman–Crippen MR) is 185 cm³/mol. The number of anilines is 2. The first-order chi connectivity index (χ1) is 23.7. The Balaban J connectivity index is 0.00000676. The maximum atomic E-state index is 12.8. The maximum absolute atomic E-state index is 12.8. The quantitative estimate of drug-likeness (QED) is 0.0891. The molecule has 52 heavy (non-hydrogen) atoms. The molecule has 0 saturated heterocycles. The van der Waals surface area contributed by atoms with Crippen LogP contribution in [0.1, 0.15) is 55.1 Å². The molecule has 1 radical (unpaired) electrons. The molecule has 2 aromatic heterocycles. The number of hydrogen-bond donors (Lipinski definition) is 6. The number of amides is 3. The number of carbonyl (C=O) groups excluding carboxylic acids is 4. The van der Waals surface area contributed by atoms with E-state index in [1.165, 1.54) is 25.3 Å². The third-order valence-corrected chi connectivity index (χ3v) is 7.44. The molecule has 3 aromatic rings. The summed E-state index contributed by atoms with van der Waals surface area (Å²) >= 11 is 4.80. The van der Waals surface area contributed by atoms with E-state index in [2.05, 4.69) is 41.2 Å². The Morgan fingerprint density at radius 1 is 1.02 bits per heavy atom. The first kappa shape index (κ1) is 45.0. The van der Waals surface area contributed by atoms with Crippen LogP contribution in [-0.4, -0.2) is 101 Å². The molecule has 3 amide bonds. The van der Waals surface area contributed by atoms with Gasteiger partial charge in [0, 0.05) is 42.3 Å². The number of carboxylic acids is 2. The van der Waals surface area contributed by atoms with Gasteiger partial charge in [0.15, 0.2) is 11.2 Å². The Labute approximate surface area is 314 Å². The summed E-state index contributed by atoms with van der Waals surface area (Å²) in [6.45, 7) is 1.71. The minimum atomic E-state index is -1.63. The molecular formula is C30H36N10O10STc. The molecule has 0 unspecified atom stereocenters. The molecule has 0 aliphatic heterocycles. The third-order valence-electron chi connectivity index (χ3n) is 6.96. The Morgan fingerprint density at radius 2 is 1.67 bits per heavy atom. The number of H-pyrrole nitrogens is 1. The van der Waals surface area contributed by atoms with Crippen LogP contribution in [0.15, 0.2) is 35.3 Å². The van der Waals surface area contributed by atoms with Gasteiger partial charge in [-0.2, -0.15) is 10.7 Å². The second-order valence-electron chi connectivity index (χ2n) is 11.0. The molecule has 0 bridgehead atoms. The van der Waals surface area contributed by atoms with Gasteiger partial charge in [0.1, 0.15) is 11.8 Å². The molecule has 0 saturated carbocycles. The minimum absolute atomic E-state index is 0. The SMILES string of the molecule is C[C@H](C[S-])[N-]C(=O)[C@H](CC(=O)O)[N-]C(=O)[C@@H]([NH-])CCC(=O)CC[C@@H](NC(=O)c1ccc(NCc2cnc3nc(N)[nH]c(=O)c3n2)cc1)C(=O)O.O.[99Tc+4]. The smallest absolute Gasteiger partial charge is 0.794 e. The summed E-state index contributed by atoms with van der Waals surface area (Å²) in [4.78, 5) is 99.4. The molecule has 2 heterocycles. The largest absolute Gasteiger partial charge is 4.00 e. The van der Waals surface area contributed by atoms with Crippen molar-refractivity contribution in [3.05, 3.63) is 68.4 Å². The number of carboxylic acid groups (broad SMARTS) is 2. The molecule has 0 aliphatic carbocycles. The number of rotatable bonds is 19. The van der Waals surface area contributed by atoms with Gasteiger partial charge >= 0.3 is 32.0 Å². The van der Waals surface area contributed by atoms with E-state index in [1.807, 2.05) is 0 Å². The molecule has 0 fully saturated rings. The second-order valence-corrected chi connectivity index (χ2v) is 11.3. The number of nitrogens with one attached hydrogen (secondary N) is 4. The van der Waals surface area contributed by atoms with E-state index < -0.39 is 71.6 Å². The van der Waals surface area contributed by atoms with Crippen molar-refractivity contribution in [2.75, 3.05) is 16.8 Å². The van der Waals surface area contributed by atoms with E-state index in [1.54, 1.807) is 12.1 Å². The van der Waals surface area contributed by atoms with Crippen molar-refractivity contribution in [1.82, 2.24) is 25.3 Å². The van der Waals surface area contributed by atoms with E-state index in [4.69, 9.17) is 29.2 Å². The molecule has 279 valence electrons. The van der Waals surface area contributed by atoms with Crippen molar-refractivity contribution in [3.8, 4) is 0 Å². The van der Waals surface area contributed by atoms with E-state index >= 15 is 0 Å². The van der Waals surface area contributed by atoms with Crippen LogP contribution in [0, 0.1) is 0 Å². The number of nitrogens with two attached hydrogens (primary N) is 1. The van der Waals surface area contributed by atoms with Crippen molar-refractivity contribution >= 4 is 70.9 Å². The second kappa shape index (κ2) is 21.4. The first-order valence-electron chi connectivity index (χ1n) is 15.1. The summed E-state index contributed by atoms with van der Waals surface area (Å²) in [5.74, 6) is -6.02. The van der Waals surface area contributed by atoms with Crippen LogP contribution in [0.4, 0.5) is 11.6 Å². The molecule has 3 rings (SSSR count). The predicted octanol–water partition coefficient (Wildman–Crippen LogP) is 0.393. The normalized spacial score (nSPS) is 12.8. The molecule has 1 aromatic carbocycles. The van der Waals surface area contributed by atoms with Crippen LogP contribution in [0.5, 0.6) is 0 Å².